The summed E-state index contributed by atoms with van der Waals surface area (Å²) in [4.78, 5) is 10.5. The summed E-state index contributed by atoms with van der Waals surface area (Å²) >= 11 is 0. The summed E-state index contributed by atoms with van der Waals surface area (Å²) in [7, 11) is 0. The number of cyclic esters (lactones) is 1. The lowest BCUT2D eigenvalue weighted by atomic mass is 10.3. The van der Waals surface area contributed by atoms with Crippen LogP contribution in [0.25, 0.3) is 0 Å². The van der Waals surface area contributed by atoms with E-state index in [1.807, 2.05) is 0 Å². The number of esters is 1. The fourth-order valence-electron chi connectivity index (χ4n) is 0.823. The van der Waals surface area contributed by atoms with Crippen molar-refractivity contribution in [2.75, 3.05) is 6.61 Å². The van der Waals surface area contributed by atoms with Crippen molar-refractivity contribution in [2.24, 2.45) is 0 Å². The van der Waals surface area contributed by atoms with E-state index >= 15 is 0 Å². The van der Waals surface area contributed by atoms with Gasteiger partial charge in [-0.2, -0.15) is 0 Å². The van der Waals surface area contributed by atoms with Crippen molar-refractivity contribution in [2.45, 2.75) is 12.2 Å². The minimum absolute atomic E-state index is 0.671. The van der Waals surface area contributed by atoms with E-state index in [9.17, 15) is 4.79 Å². The first-order valence-corrected chi connectivity index (χ1v) is 3.20. The number of carbonyl (C=O) groups is 1. The molecule has 0 saturated heterocycles. The Morgan fingerprint density at radius 2 is 2.08 bits per heavy atom. The molecule has 6 nitrogen and oxygen atoms in total. The zero-order valence-corrected chi connectivity index (χ0v) is 5.97. The van der Waals surface area contributed by atoms with Gasteiger partial charge in [-0.3, -0.25) is 0 Å². The number of carbonyl (C=O) groups excluding carboxylic acids is 1. The molecule has 6 heteroatoms. The highest BCUT2D eigenvalue weighted by molar-refractivity contribution is 5.89. The molecular formula is C6H8O6. The maximum Gasteiger partial charge on any atom is 0.377 e. The molecule has 0 amide bonds. The summed E-state index contributed by atoms with van der Waals surface area (Å²) in [6.45, 7) is -0.671. The molecule has 1 heterocycles. The van der Waals surface area contributed by atoms with Crippen LogP contribution >= 0.6 is 0 Å². The Hall–Kier alpha value is -1.27. The first-order chi connectivity index (χ1) is 5.57. The Labute approximate surface area is 67.3 Å². The lowest BCUT2D eigenvalue weighted by molar-refractivity contribution is -0.147. The Kier molecular flexibility index (Phi) is 2.20. The third-order valence-corrected chi connectivity index (χ3v) is 1.48. The normalized spacial score (nSPS) is 25.8. The smallest absolute Gasteiger partial charge is 0.377 e. The lowest BCUT2D eigenvalue weighted by Crippen LogP contribution is -2.31. The van der Waals surface area contributed by atoms with Crippen LogP contribution in [0, 0.1) is 0 Å². The van der Waals surface area contributed by atoms with E-state index in [0.29, 0.717) is 0 Å². The second kappa shape index (κ2) is 3.00. The van der Waals surface area contributed by atoms with Crippen molar-refractivity contribution in [3.05, 3.63) is 11.5 Å². The van der Waals surface area contributed by atoms with Gasteiger partial charge in [-0.25, -0.2) is 4.79 Å². The molecule has 68 valence electrons. The van der Waals surface area contributed by atoms with E-state index in [0.717, 1.165) is 0 Å². The predicted octanol–water partition coefficient (Wildman–Crippen LogP) is -1.41. The van der Waals surface area contributed by atoms with Crippen LogP contribution in [0.1, 0.15) is 0 Å². The average molecular weight is 177 g/mol. The Morgan fingerprint density at radius 1 is 1.50 bits per heavy atom. The zero-order valence-electron chi connectivity index (χ0n) is 5.97. The number of rotatable bonds is 2. The summed E-state index contributed by atoms with van der Waals surface area (Å²) in [6, 6.07) is 0. The summed E-state index contributed by atoms with van der Waals surface area (Å²) < 4.78 is 4.32. The van der Waals surface area contributed by atoms with Crippen LogP contribution in [0.2, 0.25) is 0 Å². The molecule has 0 spiro atoms. The molecule has 0 bridgehead atoms. The molecule has 1 rings (SSSR count). The molecule has 0 fully saturated rings. The second-order valence-corrected chi connectivity index (χ2v) is 2.31. The Balaban J connectivity index is 2.80. The Morgan fingerprint density at radius 3 is 2.42 bits per heavy atom. The van der Waals surface area contributed by atoms with Gasteiger partial charge in [-0.05, 0) is 0 Å². The van der Waals surface area contributed by atoms with Gasteiger partial charge in [0.05, 0.1) is 6.61 Å². The number of aliphatic hydroxyl groups is 4. The largest absolute Gasteiger partial charge is 0.505 e. The summed E-state index contributed by atoms with van der Waals surface area (Å²) in [5.41, 5.74) is 0. The van der Waals surface area contributed by atoms with Crippen molar-refractivity contribution in [1.29, 1.82) is 0 Å². The zero-order chi connectivity index (χ0) is 9.30. The van der Waals surface area contributed by atoms with Gasteiger partial charge >= 0.3 is 5.97 Å². The van der Waals surface area contributed by atoms with Crippen LogP contribution in [-0.2, 0) is 9.53 Å². The number of aliphatic hydroxyl groups excluding tert-OH is 4. The SMILES string of the molecule is O=C1O[C@H]([13C@@H](O)CO)C(O)=C1O. The first-order valence-electron chi connectivity index (χ1n) is 3.20. The minimum atomic E-state index is -1.42. The summed E-state index contributed by atoms with van der Waals surface area (Å²) in [5.74, 6) is -2.78. The van der Waals surface area contributed by atoms with Gasteiger partial charge in [0.25, 0.3) is 0 Å². The highest BCUT2D eigenvalue weighted by Gasteiger charge is 2.38. The first kappa shape index (κ1) is 8.82. The van der Waals surface area contributed by atoms with Crippen molar-refractivity contribution < 1.29 is 30.0 Å². The standard InChI is InChI=1S/C6H8O6/c7-1-2(8)5-3(9)4(10)6(11)12-5/h2,5,7-10H,1H2/t2-,5+/m0/s1/i2+1. The monoisotopic (exact) mass is 177 g/mol. The van der Waals surface area contributed by atoms with E-state index in [-0.39, 0.29) is 0 Å². The van der Waals surface area contributed by atoms with Crippen LogP contribution in [0.5, 0.6) is 0 Å². The van der Waals surface area contributed by atoms with Gasteiger partial charge < -0.3 is 25.2 Å². The van der Waals surface area contributed by atoms with Gasteiger partial charge in [-0.15, -0.1) is 0 Å². The molecule has 12 heavy (non-hydrogen) atoms. The van der Waals surface area contributed by atoms with Gasteiger partial charge in [0.1, 0.15) is 6.10 Å². The Bertz CT molecular complexity index is 232. The topological polar surface area (TPSA) is 107 Å². The van der Waals surface area contributed by atoms with Crippen LogP contribution < -0.4 is 0 Å². The summed E-state index contributed by atoms with van der Waals surface area (Å²) in [5, 5.41) is 35.0. The lowest BCUT2D eigenvalue weighted by Gasteiger charge is -2.13. The van der Waals surface area contributed by atoms with E-state index in [1.54, 1.807) is 0 Å². The molecule has 1 aliphatic heterocycles. The molecule has 0 radical (unpaired) electrons. The molecule has 0 aromatic rings. The van der Waals surface area contributed by atoms with Gasteiger partial charge in [0.2, 0.25) is 5.76 Å². The molecule has 1 aliphatic rings. The van der Waals surface area contributed by atoms with Crippen molar-refractivity contribution in [3.63, 3.8) is 0 Å². The molecule has 0 saturated carbocycles. The second-order valence-electron chi connectivity index (χ2n) is 2.31. The van der Waals surface area contributed by atoms with Crippen LogP contribution in [0.4, 0.5) is 0 Å². The molecule has 2 atom stereocenters. The maximum atomic E-state index is 10.5. The molecule has 0 aliphatic carbocycles. The number of ether oxygens (including phenoxy) is 1. The highest BCUT2D eigenvalue weighted by Crippen LogP contribution is 2.20. The van der Waals surface area contributed by atoms with E-state index < -0.39 is 36.3 Å². The van der Waals surface area contributed by atoms with Gasteiger partial charge in [-0.1, -0.05) is 0 Å². The minimum Gasteiger partial charge on any atom is -0.505 e. The third kappa shape index (κ3) is 1.21. The van der Waals surface area contributed by atoms with Gasteiger partial charge in [0.15, 0.2) is 11.9 Å². The van der Waals surface area contributed by atoms with Crippen molar-refractivity contribution >= 4 is 5.97 Å². The quantitative estimate of drug-likeness (QED) is 0.305. The third-order valence-electron chi connectivity index (χ3n) is 1.48. The number of hydrogen-bond acceptors (Lipinski definition) is 6. The molecule has 0 aromatic heterocycles. The average Bonchev–Trinajstić information content (AvgIpc) is 2.32. The molecule has 0 aromatic carbocycles. The molecule has 4 N–H and O–H groups in total. The maximum absolute atomic E-state index is 10.5. The van der Waals surface area contributed by atoms with E-state index in [2.05, 4.69) is 4.74 Å². The van der Waals surface area contributed by atoms with E-state index in [1.165, 1.54) is 0 Å². The summed E-state index contributed by atoms with van der Waals surface area (Å²) in [6.07, 6.45) is -2.78. The van der Waals surface area contributed by atoms with Gasteiger partial charge in [0, 0.05) is 0 Å². The fourth-order valence-corrected chi connectivity index (χ4v) is 0.823. The van der Waals surface area contributed by atoms with Crippen LogP contribution in [-0.4, -0.2) is 45.2 Å². The predicted molar refractivity (Wildman–Crippen MR) is 35.3 cm³/mol. The van der Waals surface area contributed by atoms with Crippen molar-refractivity contribution in [1.82, 2.24) is 0 Å². The molecule has 0 unspecified atom stereocenters. The van der Waals surface area contributed by atoms with E-state index in [4.69, 9.17) is 20.4 Å². The number of hydrogen-bond donors (Lipinski definition) is 4. The van der Waals surface area contributed by atoms with Crippen LogP contribution in [0.3, 0.4) is 0 Å². The van der Waals surface area contributed by atoms with Crippen LogP contribution in [0.15, 0.2) is 11.5 Å². The fraction of sp³-hybridized carbons (Fsp3) is 0.500. The highest BCUT2D eigenvalue weighted by atomic mass is 16.6. The molecular weight excluding hydrogens is 169 g/mol. The van der Waals surface area contributed by atoms with Crippen molar-refractivity contribution in [3.8, 4) is 0 Å².